The molecule has 0 aliphatic carbocycles. The number of nitrogens with zero attached hydrogens (tertiary/aromatic N) is 3. The number of nitrogens with one attached hydrogen (secondary N) is 1. The third-order valence-corrected chi connectivity index (χ3v) is 5.66. The van der Waals surface area contributed by atoms with E-state index in [2.05, 4.69) is 33.9 Å². The van der Waals surface area contributed by atoms with Crippen molar-refractivity contribution in [2.24, 2.45) is 0 Å². The molecule has 8 nitrogen and oxygen atoms in total. The number of aromatic nitrogens is 1. The molecule has 172 valence electrons. The minimum Gasteiger partial charge on any atom is -0.465 e. The highest BCUT2D eigenvalue weighted by Gasteiger charge is 2.20. The molecule has 0 atom stereocenters. The summed E-state index contributed by atoms with van der Waals surface area (Å²) in [4.78, 5) is 30.6. The van der Waals surface area contributed by atoms with Crippen LogP contribution in [0.5, 0.6) is 0 Å². The van der Waals surface area contributed by atoms with Gasteiger partial charge in [0.05, 0.1) is 5.69 Å². The fourth-order valence-electron chi connectivity index (χ4n) is 3.71. The number of benzene rings is 2. The normalized spacial score (nSPS) is 13.6. The summed E-state index contributed by atoms with van der Waals surface area (Å²) in [5.41, 5.74) is 6.34. The molecule has 1 fully saturated rings. The maximum Gasteiger partial charge on any atom is 0.407 e. The molecule has 1 aliphatic rings. The smallest absolute Gasteiger partial charge is 0.407 e. The van der Waals surface area contributed by atoms with E-state index in [9.17, 15) is 9.59 Å². The zero-order valence-electron chi connectivity index (χ0n) is 18.4. The first kappa shape index (κ1) is 23.0. The van der Waals surface area contributed by atoms with Gasteiger partial charge in [0.2, 0.25) is 0 Å². The van der Waals surface area contributed by atoms with Gasteiger partial charge in [-0.15, -0.1) is 0 Å². The Morgan fingerprint density at radius 2 is 1.53 bits per heavy atom. The molecule has 1 saturated heterocycles. The van der Waals surface area contributed by atoms with Gasteiger partial charge in [0.15, 0.2) is 0 Å². The van der Waals surface area contributed by atoms with E-state index in [0.717, 1.165) is 36.3 Å². The molecule has 4 rings (SSSR count). The third kappa shape index (κ3) is 5.78. The van der Waals surface area contributed by atoms with Crippen LogP contribution in [0, 0.1) is 11.8 Å². The van der Waals surface area contributed by atoms with Crippen molar-refractivity contribution in [1.82, 2.24) is 20.3 Å². The van der Waals surface area contributed by atoms with E-state index in [4.69, 9.17) is 10.3 Å². The van der Waals surface area contributed by atoms with E-state index >= 15 is 0 Å². The first-order valence-electron chi connectivity index (χ1n) is 10.8. The lowest BCUT2D eigenvalue weighted by molar-refractivity contribution is 0.0706. The molecule has 1 aromatic heterocycles. The van der Waals surface area contributed by atoms with Crippen LogP contribution in [-0.4, -0.2) is 63.3 Å². The largest absolute Gasteiger partial charge is 0.465 e. The first-order chi connectivity index (χ1) is 16.5. The molecule has 0 saturated carbocycles. The number of carbonyl (C=O) groups excluding carboxylic acids is 1. The minimum atomic E-state index is -0.852. The standard InChI is InChI=1S/C26H24N4O4/c31-25(28-34)23-11-12-27-24(17-23)22-9-7-20(8-10-22)2-1-19-3-5-21(6-4-19)18-29-13-15-30(16-14-29)26(32)33/h3-12,17,34H,13-16,18H2,(H,28,31)(H,32,33). The Bertz CT molecular complexity index is 1220. The SMILES string of the molecule is O=C(NO)c1ccnc(-c2ccc(C#Cc3ccc(CN4CCN(C(=O)O)CC4)cc3)cc2)c1. The number of pyridine rings is 1. The van der Waals surface area contributed by atoms with Crippen LogP contribution in [0.4, 0.5) is 4.79 Å². The molecule has 8 heteroatoms. The molecule has 2 aromatic carbocycles. The summed E-state index contributed by atoms with van der Waals surface area (Å²) in [6.45, 7) is 3.34. The van der Waals surface area contributed by atoms with Gasteiger partial charge in [-0.3, -0.25) is 19.9 Å². The quantitative estimate of drug-likeness (QED) is 0.317. The summed E-state index contributed by atoms with van der Waals surface area (Å²) < 4.78 is 0. The number of carbonyl (C=O) groups is 2. The Labute approximate surface area is 197 Å². The highest BCUT2D eigenvalue weighted by atomic mass is 16.5. The Kier molecular flexibility index (Phi) is 7.18. The Balaban J connectivity index is 1.36. The van der Waals surface area contributed by atoms with Crippen LogP contribution >= 0.6 is 0 Å². The van der Waals surface area contributed by atoms with E-state index in [1.54, 1.807) is 11.5 Å². The van der Waals surface area contributed by atoms with Crippen LogP contribution in [0.25, 0.3) is 11.3 Å². The highest BCUT2D eigenvalue weighted by Crippen LogP contribution is 2.18. The van der Waals surface area contributed by atoms with Gasteiger partial charge in [-0.1, -0.05) is 36.1 Å². The minimum absolute atomic E-state index is 0.322. The number of carboxylic acid groups (broad SMARTS) is 1. The first-order valence-corrected chi connectivity index (χ1v) is 10.8. The van der Waals surface area contributed by atoms with E-state index in [0.29, 0.717) is 24.3 Å². The summed E-state index contributed by atoms with van der Waals surface area (Å²) in [6.07, 6.45) is 0.669. The number of hydrogen-bond donors (Lipinski definition) is 3. The van der Waals surface area contributed by atoms with Crippen molar-refractivity contribution in [1.29, 1.82) is 0 Å². The molecule has 0 radical (unpaired) electrons. The molecular formula is C26H24N4O4. The fraction of sp³-hybridized carbons (Fsp3) is 0.192. The number of hydrogen-bond acceptors (Lipinski definition) is 5. The van der Waals surface area contributed by atoms with Crippen molar-refractivity contribution < 1.29 is 19.9 Å². The molecule has 0 unspecified atom stereocenters. The molecule has 1 aliphatic heterocycles. The summed E-state index contributed by atoms with van der Waals surface area (Å²) in [7, 11) is 0. The van der Waals surface area contributed by atoms with Crippen LogP contribution in [0.3, 0.4) is 0 Å². The topological polar surface area (TPSA) is 106 Å². The number of amides is 2. The maximum absolute atomic E-state index is 11.6. The summed E-state index contributed by atoms with van der Waals surface area (Å²) in [6, 6.07) is 18.8. The number of piperazine rings is 1. The lowest BCUT2D eigenvalue weighted by atomic mass is 10.1. The van der Waals surface area contributed by atoms with E-state index in [-0.39, 0.29) is 0 Å². The van der Waals surface area contributed by atoms with Gasteiger partial charge in [0.1, 0.15) is 0 Å². The van der Waals surface area contributed by atoms with Crippen LogP contribution in [0.1, 0.15) is 27.0 Å². The molecule has 0 bridgehead atoms. The average Bonchev–Trinajstić information content (AvgIpc) is 2.88. The van der Waals surface area contributed by atoms with Gasteiger partial charge in [0.25, 0.3) is 5.91 Å². The lowest BCUT2D eigenvalue weighted by Crippen LogP contribution is -2.47. The molecule has 0 spiro atoms. The van der Waals surface area contributed by atoms with Gasteiger partial charge >= 0.3 is 6.09 Å². The molecule has 3 aromatic rings. The summed E-state index contributed by atoms with van der Waals surface area (Å²) in [5.74, 6) is 5.74. The monoisotopic (exact) mass is 456 g/mol. The summed E-state index contributed by atoms with van der Waals surface area (Å²) >= 11 is 0. The highest BCUT2D eigenvalue weighted by molar-refractivity contribution is 5.94. The second kappa shape index (κ2) is 10.6. The average molecular weight is 457 g/mol. The van der Waals surface area contributed by atoms with E-state index in [1.165, 1.54) is 22.7 Å². The van der Waals surface area contributed by atoms with Crippen LogP contribution in [-0.2, 0) is 6.54 Å². The second-order valence-corrected chi connectivity index (χ2v) is 7.94. The van der Waals surface area contributed by atoms with Crippen molar-refractivity contribution in [2.75, 3.05) is 26.2 Å². The fourth-order valence-corrected chi connectivity index (χ4v) is 3.71. The Morgan fingerprint density at radius 1 is 0.912 bits per heavy atom. The summed E-state index contributed by atoms with van der Waals surface area (Å²) in [5, 5.41) is 17.8. The zero-order chi connectivity index (χ0) is 23.9. The van der Waals surface area contributed by atoms with Crippen LogP contribution in [0.2, 0.25) is 0 Å². The van der Waals surface area contributed by atoms with Crippen LogP contribution < -0.4 is 5.48 Å². The van der Waals surface area contributed by atoms with Crippen molar-refractivity contribution in [3.05, 3.63) is 89.1 Å². The van der Waals surface area contributed by atoms with Gasteiger partial charge in [-0.2, -0.15) is 0 Å². The Hall–Kier alpha value is -4.19. The number of hydroxylamine groups is 1. The molecular weight excluding hydrogens is 432 g/mol. The maximum atomic E-state index is 11.6. The Morgan fingerprint density at radius 3 is 2.12 bits per heavy atom. The molecule has 3 N–H and O–H groups in total. The second-order valence-electron chi connectivity index (χ2n) is 7.94. The van der Waals surface area contributed by atoms with Crippen molar-refractivity contribution >= 4 is 12.0 Å². The lowest BCUT2D eigenvalue weighted by Gasteiger charge is -2.33. The van der Waals surface area contributed by atoms with Crippen molar-refractivity contribution in [2.45, 2.75) is 6.54 Å². The number of rotatable bonds is 4. The molecule has 2 heterocycles. The molecule has 34 heavy (non-hydrogen) atoms. The van der Waals surface area contributed by atoms with Gasteiger partial charge < -0.3 is 10.0 Å². The van der Waals surface area contributed by atoms with Gasteiger partial charge in [0, 0.05) is 61.2 Å². The predicted molar refractivity (Wildman–Crippen MR) is 126 cm³/mol. The van der Waals surface area contributed by atoms with Gasteiger partial charge in [-0.05, 0) is 42.0 Å². The van der Waals surface area contributed by atoms with Gasteiger partial charge in [-0.25, -0.2) is 10.3 Å². The van der Waals surface area contributed by atoms with Crippen LogP contribution in [0.15, 0.2) is 66.9 Å². The van der Waals surface area contributed by atoms with Crippen molar-refractivity contribution in [3.8, 4) is 23.1 Å². The van der Waals surface area contributed by atoms with E-state index < -0.39 is 12.0 Å². The third-order valence-electron chi connectivity index (χ3n) is 5.66. The van der Waals surface area contributed by atoms with E-state index in [1.807, 2.05) is 36.4 Å². The predicted octanol–water partition coefficient (Wildman–Crippen LogP) is 3.06. The van der Waals surface area contributed by atoms with Crippen molar-refractivity contribution in [3.63, 3.8) is 0 Å². The zero-order valence-corrected chi connectivity index (χ0v) is 18.4. The molecule has 2 amide bonds.